The molecular formula is C17H27NO3. The van der Waals surface area contributed by atoms with Gasteiger partial charge in [0.1, 0.15) is 11.9 Å². The first-order valence-electron chi connectivity index (χ1n) is 7.77. The number of hydrogen-bond donors (Lipinski definition) is 1. The molecule has 0 spiro atoms. The van der Waals surface area contributed by atoms with E-state index in [1.807, 2.05) is 25.1 Å². The van der Waals surface area contributed by atoms with Crippen molar-refractivity contribution in [3.63, 3.8) is 0 Å². The van der Waals surface area contributed by atoms with Gasteiger partial charge in [-0.25, -0.2) is 0 Å². The van der Waals surface area contributed by atoms with E-state index in [9.17, 15) is 0 Å². The normalized spacial score (nSPS) is 24.7. The van der Waals surface area contributed by atoms with Crippen molar-refractivity contribution in [3.05, 3.63) is 24.3 Å². The molecule has 2 rings (SSSR count). The standard InChI is InChI=1S/C17H27NO3/c1-5-20-16-10-15(17(16)19-4)18-13-7-6-8-14(9-13)21-11-12(2)3/h6-9,12,15-18H,5,10-11H2,1-4H3. The fourth-order valence-corrected chi connectivity index (χ4v) is 2.57. The van der Waals surface area contributed by atoms with Gasteiger partial charge in [0, 0.05) is 25.5 Å². The lowest BCUT2D eigenvalue weighted by molar-refractivity contribution is -0.118. The highest BCUT2D eigenvalue weighted by atomic mass is 16.5. The Kier molecular flexibility index (Phi) is 5.88. The van der Waals surface area contributed by atoms with E-state index in [2.05, 4.69) is 25.2 Å². The van der Waals surface area contributed by atoms with E-state index in [0.29, 0.717) is 12.0 Å². The topological polar surface area (TPSA) is 39.7 Å². The highest BCUT2D eigenvalue weighted by Gasteiger charge is 2.42. The maximum atomic E-state index is 5.76. The molecule has 3 atom stereocenters. The average Bonchev–Trinajstić information content (AvgIpc) is 2.45. The molecule has 0 saturated heterocycles. The number of hydrogen-bond acceptors (Lipinski definition) is 4. The monoisotopic (exact) mass is 293 g/mol. The van der Waals surface area contributed by atoms with Crippen molar-refractivity contribution in [1.29, 1.82) is 0 Å². The first kappa shape index (κ1) is 16.1. The van der Waals surface area contributed by atoms with Gasteiger partial charge in [-0.3, -0.25) is 0 Å². The molecule has 0 amide bonds. The van der Waals surface area contributed by atoms with E-state index in [1.54, 1.807) is 7.11 Å². The van der Waals surface area contributed by atoms with Crippen LogP contribution in [-0.2, 0) is 9.47 Å². The van der Waals surface area contributed by atoms with E-state index < -0.39 is 0 Å². The summed E-state index contributed by atoms with van der Waals surface area (Å²) in [7, 11) is 1.74. The molecule has 0 aromatic heterocycles. The van der Waals surface area contributed by atoms with Crippen molar-refractivity contribution in [2.24, 2.45) is 5.92 Å². The Bertz CT molecular complexity index is 436. The van der Waals surface area contributed by atoms with Gasteiger partial charge in [0.2, 0.25) is 0 Å². The van der Waals surface area contributed by atoms with Gasteiger partial charge in [0.25, 0.3) is 0 Å². The third kappa shape index (κ3) is 4.35. The summed E-state index contributed by atoms with van der Waals surface area (Å²) in [4.78, 5) is 0. The van der Waals surface area contributed by atoms with Crippen molar-refractivity contribution < 1.29 is 14.2 Å². The van der Waals surface area contributed by atoms with Crippen LogP contribution in [0.5, 0.6) is 5.75 Å². The van der Waals surface area contributed by atoms with Crippen LogP contribution in [0.3, 0.4) is 0 Å². The average molecular weight is 293 g/mol. The molecule has 118 valence electrons. The van der Waals surface area contributed by atoms with Crippen LogP contribution in [0.15, 0.2) is 24.3 Å². The second-order valence-corrected chi connectivity index (χ2v) is 5.91. The smallest absolute Gasteiger partial charge is 0.121 e. The van der Waals surface area contributed by atoms with Gasteiger partial charge in [-0.1, -0.05) is 19.9 Å². The lowest BCUT2D eigenvalue weighted by Gasteiger charge is -2.43. The van der Waals surface area contributed by atoms with Gasteiger partial charge in [-0.15, -0.1) is 0 Å². The number of nitrogens with one attached hydrogen (secondary N) is 1. The van der Waals surface area contributed by atoms with Gasteiger partial charge in [0.05, 0.1) is 18.8 Å². The summed E-state index contributed by atoms with van der Waals surface area (Å²) in [5.41, 5.74) is 1.07. The van der Waals surface area contributed by atoms with Crippen LogP contribution in [0.25, 0.3) is 0 Å². The second-order valence-electron chi connectivity index (χ2n) is 5.91. The fraction of sp³-hybridized carbons (Fsp3) is 0.647. The van der Waals surface area contributed by atoms with Gasteiger partial charge >= 0.3 is 0 Å². The summed E-state index contributed by atoms with van der Waals surface area (Å²) >= 11 is 0. The first-order valence-corrected chi connectivity index (χ1v) is 7.77. The van der Waals surface area contributed by atoms with E-state index >= 15 is 0 Å². The number of rotatable bonds is 8. The zero-order valence-corrected chi connectivity index (χ0v) is 13.5. The Hall–Kier alpha value is -1.26. The maximum Gasteiger partial charge on any atom is 0.121 e. The van der Waals surface area contributed by atoms with Crippen molar-refractivity contribution in [3.8, 4) is 5.75 Å². The van der Waals surface area contributed by atoms with Crippen LogP contribution in [-0.4, -0.2) is 38.6 Å². The van der Waals surface area contributed by atoms with Gasteiger partial charge in [-0.05, 0) is 31.4 Å². The maximum absolute atomic E-state index is 5.76. The molecule has 1 aliphatic carbocycles. The third-order valence-corrected chi connectivity index (χ3v) is 3.67. The number of methoxy groups -OCH3 is 1. The molecule has 4 nitrogen and oxygen atoms in total. The minimum atomic E-state index is 0.116. The molecule has 21 heavy (non-hydrogen) atoms. The summed E-state index contributed by atoms with van der Waals surface area (Å²) in [6.07, 6.45) is 1.30. The predicted molar refractivity (Wildman–Crippen MR) is 85.0 cm³/mol. The summed E-state index contributed by atoms with van der Waals surface area (Å²) in [5, 5.41) is 3.51. The largest absolute Gasteiger partial charge is 0.493 e. The highest BCUT2D eigenvalue weighted by molar-refractivity contribution is 5.49. The molecule has 1 fully saturated rings. The molecule has 0 bridgehead atoms. The molecule has 0 aliphatic heterocycles. The Morgan fingerprint density at radius 3 is 2.81 bits per heavy atom. The van der Waals surface area contributed by atoms with Gasteiger partial charge in [-0.2, -0.15) is 0 Å². The zero-order chi connectivity index (χ0) is 15.2. The van der Waals surface area contributed by atoms with Gasteiger partial charge < -0.3 is 19.5 Å². The molecule has 4 heteroatoms. The predicted octanol–water partition coefficient (Wildman–Crippen LogP) is 3.33. The van der Waals surface area contributed by atoms with Crippen molar-refractivity contribution in [2.75, 3.05) is 25.6 Å². The van der Waals surface area contributed by atoms with Crippen LogP contribution >= 0.6 is 0 Å². The van der Waals surface area contributed by atoms with E-state index in [-0.39, 0.29) is 12.2 Å². The quantitative estimate of drug-likeness (QED) is 0.798. The highest BCUT2D eigenvalue weighted by Crippen LogP contribution is 2.30. The summed E-state index contributed by atoms with van der Waals surface area (Å²) in [5.74, 6) is 1.43. The molecular weight excluding hydrogens is 266 g/mol. The lowest BCUT2D eigenvalue weighted by atomic mass is 9.85. The minimum absolute atomic E-state index is 0.116. The van der Waals surface area contributed by atoms with Crippen LogP contribution in [0.2, 0.25) is 0 Å². The van der Waals surface area contributed by atoms with E-state index in [4.69, 9.17) is 14.2 Å². The summed E-state index contributed by atoms with van der Waals surface area (Å²) < 4.78 is 16.9. The third-order valence-electron chi connectivity index (χ3n) is 3.67. The lowest BCUT2D eigenvalue weighted by Crippen LogP contribution is -2.56. The Morgan fingerprint density at radius 2 is 2.14 bits per heavy atom. The number of ether oxygens (including phenoxy) is 3. The molecule has 1 aromatic rings. The van der Waals surface area contributed by atoms with E-state index in [0.717, 1.165) is 31.1 Å². The van der Waals surface area contributed by atoms with Crippen LogP contribution < -0.4 is 10.1 Å². The summed E-state index contributed by atoms with van der Waals surface area (Å²) in [6, 6.07) is 8.40. The Balaban J connectivity index is 1.89. The van der Waals surface area contributed by atoms with Crippen LogP contribution in [0.4, 0.5) is 5.69 Å². The zero-order valence-electron chi connectivity index (χ0n) is 13.5. The van der Waals surface area contributed by atoms with E-state index in [1.165, 1.54) is 0 Å². The molecule has 0 heterocycles. The first-order chi connectivity index (χ1) is 10.1. The number of anilines is 1. The van der Waals surface area contributed by atoms with Crippen molar-refractivity contribution >= 4 is 5.69 Å². The molecule has 1 aromatic carbocycles. The Labute approximate surface area is 127 Å². The molecule has 1 saturated carbocycles. The van der Waals surface area contributed by atoms with Crippen LogP contribution in [0.1, 0.15) is 27.2 Å². The van der Waals surface area contributed by atoms with Crippen molar-refractivity contribution in [1.82, 2.24) is 0 Å². The fourth-order valence-electron chi connectivity index (χ4n) is 2.57. The number of benzene rings is 1. The van der Waals surface area contributed by atoms with Gasteiger partial charge in [0.15, 0.2) is 0 Å². The SMILES string of the molecule is CCOC1CC(Nc2cccc(OCC(C)C)c2)C1OC. The molecule has 0 radical (unpaired) electrons. The van der Waals surface area contributed by atoms with Crippen LogP contribution in [0, 0.1) is 5.92 Å². The molecule has 1 aliphatic rings. The van der Waals surface area contributed by atoms with Crippen molar-refractivity contribution in [2.45, 2.75) is 45.4 Å². The molecule has 1 N–H and O–H groups in total. The Morgan fingerprint density at radius 1 is 1.33 bits per heavy atom. The minimum Gasteiger partial charge on any atom is -0.493 e. The summed E-state index contributed by atoms with van der Waals surface area (Å²) in [6.45, 7) is 7.78. The second kappa shape index (κ2) is 7.66. The molecule has 3 unspecified atom stereocenters.